The number of carbonyl (C=O) groups excluding carboxylic acids is 3. The maximum Gasteiger partial charge on any atom is 0.331 e. The molecule has 14 heavy (non-hydrogen) atoms. The molecule has 0 aromatic carbocycles. The smallest absolute Gasteiger partial charge is 0.269 e. The van der Waals surface area contributed by atoms with Gasteiger partial charge in [-0.05, 0) is 11.8 Å². The van der Waals surface area contributed by atoms with Crippen LogP contribution in [0.1, 0.15) is 20.8 Å². The quantitative estimate of drug-likeness (QED) is 0.526. The minimum Gasteiger partial charge on any atom is -0.269 e. The molecule has 0 aromatic heterocycles. The van der Waals surface area contributed by atoms with E-state index < -0.39 is 17.8 Å². The first-order valence-electron chi connectivity index (χ1n) is 4.60. The summed E-state index contributed by atoms with van der Waals surface area (Å²) in [6.45, 7) is 6.25. The highest BCUT2D eigenvalue weighted by molar-refractivity contribution is 6.44. The second-order valence-electron chi connectivity index (χ2n) is 3.90. The van der Waals surface area contributed by atoms with Gasteiger partial charge in [-0.3, -0.25) is 19.8 Å². The van der Waals surface area contributed by atoms with Crippen molar-refractivity contribution in [2.45, 2.75) is 20.8 Å². The highest BCUT2D eigenvalue weighted by Crippen LogP contribution is 2.13. The Labute approximate surface area is 82.4 Å². The largest absolute Gasteiger partial charge is 0.331 e. The Bertz CT molecular complexity index is 286. The van der Waals surface area contributed by atoms with Crippen molar-refractivity contribution in [3.05, 3.63) is 0 Å². The fraction of sp³-hybridized carbons (Fsp3) is 0.667. The molecule has 0 aliphatic carbocycles. The van der Waals surface area contributed by atoms with Crippen molar-refractivity contribution in [1.29, 1.82) is 0 Å². The first-order valence-corrected chi connectivity index (χ1v) is 4.60. The van der Waals surface area contributed by atoms with E-state index in [9.17, 15) is 14.4 Å². The van der Waals surface area contributed by atoms with Crippen LogP contribution in [0.2, 0.25) is 0 Å². The Morgan fingerprint density at radius 3 is 2.14 bits per heavy atom. The van der Waals surface area contributed by atoms with Crippen molar-refractivity contribution in [2.24, 2.45) is 11.8 Å². The molecular weight excluding hydrogens is 184 g/mol. The standard InChI is InChI=1S/C9H14N2O3/c1-5(2)6(3)4-11-8(13)7(12)10-9(11)14/h5-6H,4H2,1-3H3,(H,10,12,14). The Kier molecular flexibility index (Phi) is 2.88. The van der Waals surface area contributed by atoms with Crippen molar-refractivity contribution in [2.75, 3.05) is 6.54 Å². The van der Waals surface area contributed by atoms with Gasteiger partial charge in [-0.25, -0.2) is 4.79 Å². The van der Waals surface area contributed by atoms with Gasteiger partial charge in [-0.2, -0.15) is 0 Å². The van der Waals surface area contributed by atoms with Crippen molar-refractivity contribution in [3.8, 4) is 0 Å². The molecule has 1 N–H and O–H groups in total. The van der Waals surface area contributed by atoms with Gasteiger partial charge in [0.15, 0.2) is 0 Å². The van der Waals surface area contributed by atoms with E-state index in [-0.39, 0.29) is 5.92 Å². The van der Waals surface area contributed by atoms with E-state index in [1.807, 2.05) is 26.1 Å². The monoisotopic (exact) mass is 198 g/mol. The average molecular weight is 198 g/mol. The summed E-state index contributed by atoms with van der Waals surface area (Å²) < 4.78 is 0. The molecule has 1 rings (SSSR count). The lowest BCUT2D eigenvalue weighted by atomic mass is 9.98. The molecule has 0 radical (unpaired) electrons. The van der Waals surface area contributed by atoms with Crippen LogP contribution in [0.5, 0.6) is 0 Å². The number of urea groups is 1. The number of hydrogen-bond acceptors (Lipinski definition) is 3. The Hall–Kier alpha value is -1.39. The third-order valence-electron chi connectivity index (χ3n) is 2.51. The second-order valence-corrected chi connectivity index (χ2v) is 3.90. The minimum atomic E-state index is -0.828. The van der Waals surface area contributed by atoms with Gasteiger partial charge < -0.3 is 0 Å². The number of carbonyl (C=O) groups is 3. The molecule has 1 aliphatic rings. The molecule has 4 amide bonds. The lowest BCUT2D eigenvalue weighted by Crippen LogP contribution is -2.36. The van der Waals surface area contributed by atoms with Crippen LogP contribution in [0.25, 0.3) is 0 Å². The Morgan fingerprint density at radius 2 is 1.79 bits per heavy atom. The molecule has 5 nitrogen and oxygen atoms in total. The molecule has 1 saturated heterocycles. The van der Waals surface area contributed by atoms with E-state index in [1.54, 1.807) is 0 Å². The third kappa shape index (κ3) is 1.92. The Morgan fingerprint density at radius 1 is 1.21 bits per heavy atom. The molecule has 0 aromatic rings. The second kappa shape index (κ2) is 3.77. The van der Waals surface area contributed by atoms with Crippen LogP contribution in [0.15, 0.2) is 0 Å². The highest BCUT2D eigenvalue weighted by Gasteiger charge is 2.37. The maximum absolute atomic E-state index is 11.2. The topological polar surface area (TPSA) is 66.5 Å². The molecule has 1 heterocycles. The summed E-state index contributed by atoms with van der Waals surface area (Å²) in [5.41, 5.74) is 0. The van der Waals surface area contributed by atoms with Gasteiger partial charge in [0.2, 0.25) is 0 Å². The van der Waals surface area contributed by atoms with Crippen molar-refractivity contribution in [1.82, 2.24) is 10.2 Å². The van der Waals surface area contributed by atoms with Gasteiger partial charge in [0, 0.05) is 6.54 Å². The normalized spacial score (nSPS) is 19.1. The molecule has 78 valence electrons. The van der Waals surface area contributed by atoms with Gasteiger partial charge in [-0.15, -0.1) is 0 Å². The predicted molar refractivity (Wildman–Crippen MR) is 49.3 cm³/mol. The number of hydrogen-bond donors (Lipinski definition) is 1. The van der Waals surface area contributed by atoms with Crippen molar-refractivity contribution in [3.63, 3.8) is 0 Å². The van der Waals surface area contributed by atoms with Crippen molar-refractivity contribution >= 4 is 17.8 Å². The molecule has 0 bridgehead atoms. The van der Waals surface area contributed by atoms with Crippen LogP contribution < -0.4 is 5.32 Å². The summed E-state index contributed by atoms with van der Waals surface area (Å²) in [5, 5.41) is 1.96. The summed E-state index contributed by atoms with van der Waals surface area (Å²) >= 11 is 0. The summed E-state index contributed by atoms with van der Waals surface area (Å²) in [6.07, 6.45) is 0. The van der Waals surface area contributed by atoms with Gasteiger partial charge >= 0.3 is 17.8 Å². The summed E-state index contributed by atoms with van der Waals surface area (Å²) in [6, 6.07) is -0.604. The molecular formula is C9H14N2O3. The van der Waals surface area contributed by atoms with E-state index in [0.717, 1.165) is 4.90 Å². The van der Waals surface area contributed by atoms with Gasteiger partial charge in [0.1, 0.15) is 0 Å². The average Bonchev–Trinajstić information content (AvgIpc) is 2.32. The fourth-order valence-electron chi connectivity index (χ4n) is 1.10. The van der Waals surface area contributed by atoms with E-state index in [0.29, 0.717) is 12.5 Å². The minimum absolute atomic E-state index is 0.190. The number of amides is 4. The summed E-state index contributed by atoms with van der Waals surface area (Å²) in [4.78, 5) is 34.1. The SMILES string of the molecule is CC(C)C(C)CN1C(=O)NC(=O)C1=O. The van der Waals surface area contributed by atoms with E-state index in [2.05, 4.69) is 0 Å². The van der Waals surface area contributed by atoms with E-state index >= 15 is 0 Å². The summed E-state index contributed by atoms with van der Waals surface area (Å²) in [5.74, 6) is -1.02. The molecule has 0 saturated carbocycles. The summed E-state index contributed by atoms with van der Waals surface area (Å²) in [7, 11) is 0. The molecule has 1 fully saturated rings. The van der Waals surface area contributed by atoms with Gasteiger partial charge in [0.25, 0.3) is 0 Å². The zero-order valence-electron chi connectivity index (χ0n) is 8.53. The van der Waals surface area contributed by atoms with Crippen LogP contribution in [0, 0.1) is 11.8 Å². The zero-order chi connectivity index (χ0) is 10.9. The number of nitrogens with one attached hydrogen (secondary N) is 1. The Balaban J connectivity index is 2.65. The molecule has 1 atom stereocenters. The predicted octanol–water partition coefficient (Wildman–Crippen LogP) is 0.357. The maximum atomic E-state index is 11.2. The highest BCUT2D eigenvalue weighted by atomic mass is 16.2. The molecule has 1 unspecified atom stereocenters. The van der Waals surface area contributed by atoms with E-state index in [4.69, 9.17) is 0 Å². The number of nitrogens with zero attached hydrogens (tertiary/aromatic N) is 1. The van der Waals surface area contributed by atoms with Crippen LogP contribution in [0.4, 0.5) is 4.79 Å². The molecule has 1 aliphatic heterocycles. The van der Waals surface area contributed by atoms with Crippen molar-refractivity contribution < 1.29 is 14.4 Å². The lowest BCUT2D eigenvalue weighted by Gasteiger charge is -2.20. The van der Waals surface area contributed by atoms with Crippen LogP contribution in [0.3, 0.4) is 0 Å². The lowest BCUT2D eigenvalue weighted by molar-refractivity contribution is -0.140. The van der Waals surface area contributed by atoms with Crippen LogP contribution in [-0.4, -0.2) is 29.3 Å². The zero-order valence-corrected chi connectivity index (χ0v) is 8.53. The first-order chi connectivity index (χ1) is 6.43. The fourth-order valence-corrected chi connectivity index (χ4v) is 1.10. The van der Waals surface area contributed by atoms with Crippen LogP contribution in [-0.2, 0) is 9.59 Å². The molecule has 5 heteroatoms. The van der Waals surface area contributed by atoms with Gasteiger partial charge in [-0.1, -0.05) is 20.8 Å². The number of rotatable bonds is 3. The number of imide groups is 2. The molecule has 0 spiro atoms. The van der Waals surface area contributed by atoms with Gasteiger partial charge in [0.05, 0.1) is 0 Å². The van der Waals surface area contributed by atoms with E-state index in [1.165, 1.54) is 0 Å². The van der Waals surface area contributed by atoms with Crippen LogP contribution >= 0.6 is 0 Å². The third-order valence-corrected chi connectivity index (χ3v) is 2.51. The first kappa shape index (κ1) is 10.7.